The SMILES string of the molecule is C[C@@H]1CN(C(=O)Cn2ccccc2=O)CCN1. The number of rotatable bonds is 2. The van der Waals surface area contributed by atoms with E-state index in [1.54, 1.807) is 23.2 Å². The molecule has 0 unspecified atom stereocenters. The van der Waals surface area contributed by atoms with Crippen LogP contribution in [0.1, 0.15) is 6.92 Å². The van der Waals surface area contributed by atoms with Crippen molar-refractivity contribution in [3.63, 3.8) is 0 Å². The summed E-state index contributed by atoms with van der Waals surface area (Å²) in [6, 6.07) is 5.22. The smallest absolute Gasteiger partial charge is 0.250 e. The second kappa shape index (κ2) is 5.14. The number of hydrogen-bond acceptors (Lipinski definition) is 3. The van der Waals surface area contributed by atoms with E-state index in [-0.39, 0.29) is 18.0 Å². The quantitative estimate of drug-likeness (QED) is 0.763. The highest BCUT2D eigenvalue weighted by molar-refractivity contribution is 5.76. The van der Waals surface area contributed by atoms with Crippen LogP contribution in [-0.4, -0.2) is 41.1 Å². The summed E-state index contributed by atoms with van der Waals surface area (Å²) < 4.78 is 1.44. The Kier molecular flexibility index (Phi) is 3.58. The lowest BCUT2D eigenvalue weighted by Gasteiger charge is -2.32. The molecule has 1 N–H and O–H groups in total. The fraction of sp³-hybridized carbons (Fsp3) is 0.500. The second-order valence-electron chi connectivity index (χ2n) is 4.36. The Morgan fingerprint density at radius 3 is 3.06 bits per heavy atom. The lowest BCUT2D eigenvalue weighted by Crippen LogP contribution is -2.52. The Labute approximate surface area is 100 Å². The Bertz CT molecular complexity index is 455. The van der Waals surface area contributed by atoms with Gasteiger partial charge < -0.3 is 14.8 Å². The molecule has 1 atom stereocenters. The third kappa shape index (κ3) is 2.94. The first-order valence-electron chi connectivity index (χ1n) is 5.83. The van der Waals surface area contributed by atoms with Gasteiger partial charge in [0.25, 0.3) is 5.56 Å². The van der Waals surface area contributed by atoms with Gasteiger partial charge in [0, 0.05) is 37.9 Å². The molecule has 1 aromatic heterocycles. The van der Waals surface area contributed by atoms with Gasteiger partial charge >= 0.3 is 0 Å². The van der Waals surface area contributed by atoms with Gasteiger partial charge in [-0.2, -0.15) is 0 Å². The summed E-state index contributed by atoms with van der Waals surface area (Å²) in [7, 11) is 0. The van der Waals surface area contributed by atoms with E-state index in [1.807, 2.05) is 6.92 Å². The molecule has 1 fully saturated rings. The lowest BCUT2D eigenvalue weighted by atomic mass is 10.2. The lowest BCUT2D eigenvalue weighted by molar-refractivity contribution is -0.133. The van der Waals surface area contributed by atoms with Crippen LogP contribution in [-0.2, 0) is 11.3 Å². The van der Waals surface area contributed by atoms with Gasteiger partial charge in [0.1, 0.15) is 6.54 Å². The van der Waals surface area contributed by atoms with E-state index < -0.39 is 0 Å². The van der Waals surface area contributed by atoms with Crippen molar-refractivity contribution >= 4 is 5.91 Å². The standard InChI is InChI=1S/C12H17N3O2/c1-10-8-15(7-5-13-10)12(17)9-14-6-3-2-4-11(14)16/h2-4,6,10,13H,5,7-9H2,1H3/t10-/m1/s1. The van der Waals surface area contributed by atoms with Crippen molar-refractivity contribution in [1.29, 1.82) is 0 Å². The number of amides is 1. The van der Waals surface area contributed by atoms with E-state index >= 15 is 0 Å². The van der Waals surface area contributed by atoms with Crippen molar-refractivity contribution in [3.8, 4) is 0 Å². The zero-order valence-electron chi connectivity index (χ0n) is 9.93. The molecule has 92 valence electrons. The van der Waals surface area contributed by atoms with Crippen molar-refractivity contribution in [2.75, 3.05) is 19.6 Å². The zero-order valence-corrected chi connectivity index (χ0v) is 9.93. The van der Waals surface area contributed by atoms with Crippen LogP contribution in [0.25, 0.3) is 0 Å². The molecule has 0 spiro atoms. The summed E-state index contributed by atoms with van der Waals surface area (Å²) in [5.74, 6) is 0.00616. The Balaban J connectivity index is 2.02. The number of aromatic nitrogens is 1. The number of nitrogens with one attached hydrogen (secondary N) is 1. The van der Waals surface area contributed by atoms with Crippen molar-refractivity contribution in [3.05, 3.63) is 34.7 Å². The van der Waals surface area contributed by atoms with E-state index in [0.29, 0.717) is 19.1 Å². The number of carbonyl (C=O) groups excluding carboxylic acids is 1. The van der Waals surface area contributed by atoms with Gasteiger partial charge in [-0.3, -0.25) is 9.59 Å². The molecule has 0 bridgehead atoms. The maximum atomic E-state index is 12.0. The number of nitrogens with zero attached hydrogens (tertiary/aromatic N) is 2. The van der Waals surface area contributed by atoms with Gasteiger partial charge in [0.05, 0.1) is 0 Å². The molecule has 1 saturated heterocycles. The highest BCUT2D eigenvalue weighted by atomic mass is 16.2. The van der Waals surface area contributed by atoms with Crippen LogP contribution in [0.2, 0.25) is 0 Å². The van der Waals surface area contributed by atoms with Crippen LogP contribution in [0.5, 0.6) is 0 Å². The minimum absolute atomic E-state index is 0.00616. The molecule has 1 aliphatic rings. The van der Waals surface area contributed by atoms with Crippen molar-refractivity contribution in [2.24, 2.45) is 0 Å². The minimum Gasteiger partial charge on any atom is -0.338 e. The monoisotopic (exact) mass is 235 g/mol. The van der Waals surface area contributed by atoms with Gasteiger partial charge in [0.2, 0.25) is 5.91 Å². The third-order valence-electron chi connectivity index (χ3n) is 2.93. The van der Waals surface area contributed by atoms with E-state index in [0.717, 1.165) is 6.54 Å². The molecule has 1 aliphatic heterocycles. The molecule has 5 nitrogen and oxygen atoms in total. The van der Waals surface area contributed by atoms with Gasteiger partial charge in [-0.15, -0.1) is 0 Å². The molecule has 17 heavy (non-hydrogen) atoms. The van der Waals surface area contributed by atoms with E-state index in [4.69, 9.17) is 0 Å². The average molecular weight is 235 g/mol. The van der Waals surface area contributed by atoms with E-state index in [9.17, 15) is 9.59 Å². The summed E-state index contributed by atoms with van der Waals surface area (Å²) in [6.07, 6.45) is 1.64. The summed E-state index contributed by atoms with van der Waals surface area (Å²) >= 11 is 0. The normalized spacial score (nSPS) is 20.3. The average Bonchev–Trinajstić information content (AvgIpc) is 2.32. The number of hydrogen-bond donors (Lipinski definition) is 1. The largest absolute Gasteiger partial charge is 0.338 e. The van der Waals surface area contributed by atoms with E-state index in [1.165, 1.54) is 10.6 Å². The van der Waals surface area contributed by atoms with Crippen LogP contribution < -0.4 is 10.9 Å². The topological polar surface area (TPSA) is 54.3 Å². The highest BCUT2D eigenvalue weighted by Crippen LogP contribution is 2.00. The van der Waals surface area contributed by atoms with Gasteiger partial charge in [-0.05, 0) is 13.0 Å². The number of pyridine rings is 1. The first-order valence-corrected chi connectivity index (χ1v) is 5.83. The van der Waals surface area contributed by atoms with Crippen LogP contribution in [0.15, 0.2) is 29.2 Å². The molecular formula is C12H17N3O2. The van der Waals surface area contributed by atoms with Gasteiger partial charge in [-0.25, -0.2) is 0 Å². The predicted octanol–water partition coefficient (Wildman–Crippen LogP) is -0.331. The first kappa shape index (κ1) is 11.9. The summed E-state index contributed by atoms with van der Waals surface area (Å²) in [4.78, 5) is 25.3. The summed E-state index contributed by atoms with van der Waals surface area (Å²) in [5, 5.41) is 3.28. The Morgan fingerprint density at radius 2 is 2.35 bits per heavy atom. The molecular weight excluding hydrogens is 218 g/mol. The highest BCUT2D eigenvalue weighted by Gasteiger charge is 2.20. The van der Waals surface area contributed by atoms with Gasteiger partial charge in [0.15, 0.2) is 0 Å². The van der Waals surface area contributed by atoms with Gasteiger partial charge in [-0.1, -0.05) is 6.07 Å². The maximum absolute atomic E-state index is 12.0. The molecule has 0 aliphatic carbocycles. The van der Waals surface area contributed by atoms with Crippen molar-refractivity contribution in [1.82, 2.24) is 14.8 Å². The van der Waals surface area contributed by atoms with Crippen LogP contribution in [0, 0.1) is 0 Å². The molecule has 2 rings (SSSR count). The van der Waals surface area contributed by atoms with Crippen molar-refractivity contribution in [2.45, 2.75) is 19.5 Å². The molecule has 1 aromatic rings. The Morgan fingerprint density at radius 1 is 1.53 bits per heavy atom. The molecule has 0 radical (unpaired) electrons. The molecule has 0 aromatic carbocycles. The van der Waals surface area contributed by atoms with E-state index in [2.05, 4.69) is 5.32 Å². The van der Waals surface area contributed by atoms with Crippen LogP contribution in [0.3, 0.4) is 0 Å². The van der Waals surface area contributed by atoms with Crippen LogP contribution in [0.4, 0.5) is 0 Å². The fourth-order valence-electron chi connectivity index (χ4n) is 2.00. The zero-order chi connectivity index (χ0) is 12.3. The predicted molar refractivity (Wildman–Crippen MR) is 64.7 cm³/mol. The summed E-state index contributed by atoms with van der Waals surface area (Å²) in [6.45, 7) is 4.42. The molecule has 0 saturated carbocycles. The maximum Gasteiger partial charge on any atom is 0.250 e. The molecule has 5 heteroatoms. The Hall–Kier alpha value is -1.62. The number of carbonyl (C=O) groups is 1. The first-order chi connectivity index (χ1) is 8.16. The summed E-state index contributed by atoms with van der Waals surface area (Å²) in [5.41, 5.74) is -0.135. The molecule has 2 heterocycles. The second-order valence-corrected chi connectivity index (χ2v) is 4.36. The van der Waals surface area contributed by atoms with Crippen LogP contribution >= 0.6 is 0 Å². The number of piperazine rings is 1. The fourth-order valence-corrected chi connectivity index (χ4v) is 2.00. The van der Waals surface area contributed by atoms with Crippen molar-refractivity contribution < 1.29 is 4.79 Å². The third-order valence-corrected chi connectivity index (χ3v) is 2.93. The minimum atomic E-state index is -0.135. The molecule has 1 amide bonds.